The average Bonchev–Trinajstić information content (AvgIpc) is 2.37. The molecule has 1 atom stereocenters. The van der Waals surface area contributed by atoms with Crippen LogP contribution >= 0.6 is 0 Å². The van der Waals surface area contributed by atoms with Crippen LogP contribution < -0.4 is 15.5 Å². The van der Waals surface area contributed by atoms with Gasteiger partial charge in [0, 0.05) is 0 Å². The van der Waals surface area contributed by atoms with E-state index in [0.717, 1.165) is 0 Å². The van der Waals surface area contributed by atoms with Gasteiger partial charge >= 0.3 is 12.0 Å². The van der Waals surface area contributed by atoms with Gasteiger partial charge in [0.05, 0.1) is 11.4 Å². The molecule has 7 heteroatoms. The predicted molar refractivity (Wildman–Crippen MR) is 68.0 cm³/mol. The number of carbonyl (C=O) groups is 3. The minimum Gasteiger partial charge on any atom is -0.480 e. The van der Waals surface area contributed by atoms with Crippen molar-refractivity contribution in [3.8, 4) is 0 Å². The van der Waals surface area contributed by atoms with E-state index in [1.54, 1.807) is 24.3 Å². The van der Waals surface area contributed by atoms with Crippen molar-refractivity contribution in [1.82, 2.24) is 5.32 Å². The van der Waals surface area contributed by atoms with Crippen molar-refractivity contribution >= 4 is 29.3 Å². The summed E-state index contributed by atoms with van der Waals surface area (Å²) in [6, 6.07) is 5.19. The van der Waals surface area contributed by atoms with Crippen LogP contribution in [0.5, 0.6) is 0 Å². The van der Waals surface area contributed by atoms with Gasteiger partial charge in [-0.15, -0.1) is 0 Å². The summed E-state index contributed by atoms with van der Waals surface area (Å²) in [5, 5.41) is 13.7. The smallest absolute Gasteiger partial charge is 0.325 e. The Kier molecular flexibility index (Phi) is 3.37. The molecule has 1 aliphatic rings. The molecule has 19 heavy (non-hydrogen) atoms. The molecule has 3 amide bonds. The zero-order valence-electron chi connectivity index (χ0n) is 10.2. The lowest BCUT2D eigenvalue weighted by Crippen LogP contribution is -2.51. The van der Waals surface area contributed by atoms with Crippen molar-refractivity contribution in [2.24, 2.45) is 0 Å². The van der Waals surface area contributed by atoms with Gasteiger partial charge in [0.2, 0.25) is 5.91 Å². The number of anilines is 2. The highest BCUT2D eigenvalue weighted by Crippen LogP contribution is 2.28. The summed E-state index contributed by atoms with van der Waals surface area (Å²) in [6.07, 6.45) is 0. The van der Waals surface area contributed by atoms with Gasteiger partial charge in [-0.25, -0.2) is 4.79 Å². The van der Waals surface area contributed by atoms with Crippen LogP contribution in [0, 0.1) is 0 Å². The van der Waals surface area contributed by atoms with E-state index in [-0.39, 0.29) is 12.5 Å². The SMILES string of the molecule is C[C@H](NC(=O)N1CC(=O)Nc2ccccc21)C(=O)O. The number of hydrogen-bond donors (Lipinski definition) is 3. The molecule has 0 aliphatic carbocycles. The molecule has 0 aromatic heterocycles. The van der Waals surface area contributed by atoms with Crippen molar-refractivity contribution in [3.05, 3.63) is 24.3 Å². The van der Waals surface area contributed by atoms with Crippen molar-refractivity contribution in [2.75, 3.05) is 16.8 Å². The molecule has 3 N–H and O–H groups in total. The van der Waals surface area contributed by atoms with Gasteiger partial charge in [0.1, 0.15) is 12.6 Å². The third kappa shape index (κ3) is 2.65. The monoisotopic (exact) mass is 263 g/mol. The predicted octanol–water partition coefficient (Wildman–Crippen LogP) is 0.628. The molecule has 0 bridgehead atoms. The minimum absolute atomic E-state index is 0.144. The number of para-hydroxylation sites is 2. The zero-order chi connectivity index (χ0) is 14.0. The molecule has 0 unspecified atom stereocenters. The average molecular weight is 263 g/mol. The van der Waals surface area contributed by atoms with Gasteiger partial charge in [0.15, 0.2) is 0 Å². The molecule has 0 saturated carbocycles. The van der Waals surface area contributed by atoms with Crippen LogP contribution in [0.2, 0.25) is 0 Å². The lowest BCUT2D eigenvalue weighted by Gasteiger charge is -2.29. The van der Waals surface area contributed by atoms with Crippen LogP contribution in [0.3, 0.4) is 0 Å². The first-order chi connectivity index (χ1) is 8.99. The number of nitrogens with one attached hydrogen (secondary N) is 2. The molecule has 2 rings (SSSR count). The zero-order valence-corrected chi connectivity index (χ0v) is 10.2. The third-order valence-corrected chi connectivity index (χ3v) is 2.73. The Morgan fingerprint density at radius 3 is 2.79 bits per heavy atom. The van der Waals surface area contributed by atoms with Crippen molar-refractivity contribution in [2.45, 2.75) is 13.0 Å². The molecule has 0 radical (unpaired) electrons. The third-order valence-electron chi connectivity index (χ3n) is 2.73. The summed E-state index contributed by atoms with van der Waals surface area (Å²) in [4.78, 5) is 35.4. The number of carboxylic acid groups (broad SMARTS) is 1. The highest BCUT2D eigenvalue weighted by molar-refractivity contribution is 6.09. The van der Waals surface area contributed by atoms with Gasteiger partial charge in [-0.2, -0.15) is 0 Å². The Bertz CT molecular complexity index is 544. The van der Waals surface area contributed by atoms with Crippen LogP contribution in [0.4, 0.5) is 16.2 Å². The van der Waals surface area contributed by atoms with Crippen molar-refractivity contribution < 1.29 is 19.5 Å². The minimum atomic E-state index is -1.14. The standard InChI is InChI=1S/C12H13N3O4/c1-7(11(17)18)13-12(19)15-6-10(16)14-8-4-2-3-5-9(8)15/h2-5,7H,6H2,1H3,(H,13,19)(H,14,16)(H,17,18)/t7-/m0/s1. The number of amides is 3. The fraction of sp³-hybridized carbons (Fsp3) is 0.250. The van der Waals surface area contributed by atoms with Crippen LogP contribution in [0.25, 0.3) is 0 Å². The van der Waals surface area contributed by atoms with Crippen LogP contribution in [-0.4, -0.2) is 35.6 Å². The summed E-state index contributed by atoms with van der Waals surface area (Å²) in [6.45, 7) is 1.21. The Labute approximate surface area is 109 Å². The van der Waals surface area contributed by atoms with E-state index in [2.05, 4.69) is 10.6 Å². The van der Waals surface area contributed by atoms with Gasteiger partial charge in [-0.3, -0.25) is 14.5 Å². The molecule has 0 spiro atoms. The summed E-state index contributed by atoms with van der Waals surface area (Å²) in [7, 11) is 0. The maximum atomic E-state index is 12.0. The number of urea groups is 1. The fourth-order valence-electron chi connectivity index (χ4n) is 1.74. The van der Waals surface area contributed by atoms with Crippen molar-refractivity contribution in [3.63, 3.8) is 0 Å². The van der Waals surface area contributed by atoms with Gasteiger partial charge in [0.25, 0.3) is 0 Å². The Morgan fingerprint density at radius 1 is 1.42 bits per heavy atom. The van der Waals surface area contributed by atoms with E-state index in [4.69, 9.17) is 5.11 Å². The van der Waals surface area contributed by atoms with E-state index >= 15 is 0 Å². The lowest BCUT2D eigenvalue weighted by molar-refractivity contribution is -0.138. The van der Waals surface area contributed by atoms with Gasteiger partial charge in [-0.1, -0.05) is 12.1 Å². The van der Waals surface area contributed by atoms with Crippen molar-refractivity contribution in [1.29, 1.82) is 0 Å². The molecule has 1 heterocycles. The summed E-state index contributed by atoms with van der Waals surface area (Å²) in [5.41, 5.74) is 1.06. The second kappa shape index (κ2) is 4.97. The normalized spacial score (nSPS) is 15.2. The van der Waals surface area contributed by atoms with Crippen LogP contribution in [-0.2, 0) is 9.59 Å². The first-order valence-electron chi connectivity index (χ1n) is 5.69. The first-order valence-corrected chi connectivity index (χ1v) is 5.69. The number of carbonyl (C=O) groups excluding carboxylic acids is 2. The number of rotatable bonds is 2. The van der Waals surface area contributed by atoms with Gasteiger partial charge < -0.3 is 15.7 Å². The highest BCUT2D eigenvalue weighted by atomic mass is 16.4. The lowest BCUT2D eigenvalue weighted by atomic mass is 10.2. The van der Waals surface area contributed by atoms with E-state index < -0.39 is 18.0 Å². The number of nitrogens with zero attached hydrogens (tertiary/aromatic N) is 1. The molecule has 0 saturated heterocycles. The Morgan fingerprint density at radius 2 is 2.11 bits per heavy atom. The number of fused-ring (bicyclic) bond motifs is 1. The summed E-state index contributed by atoms with van der Waals surface area (Å²) < 4.78 is 0. The van der Waals surface area contributed by atoms with E-state index in [1.807, 2.05) is 0 Å². The van der Waals surface area contributed by atoms with E-state index in [9.17, 15) is 14.4 Å². The van der Waals surface area contributed by atoms with Crippen LogP contribution in [0.1, 0.15) is 6.92 Å². The highest BCUT2D eigenvalue weighted by Gasteiger charge is 2.28. The largest absolute Gasteiger partial charge is 0.480 e. The van der Waals surface area contributed by atoms with Gasteiger partial charge in [-0.05, 0) is 19.1 Å². The fourth-order valence-corrected chi connectivity index (χ4v) is 1.74. The molecule has 0 fully saturated rings. The molecule has 1 aromatic carbocycles. The maximum Gasteiger partial charge on any atom is 0.325 e. The maximum absolute atomic E-state index is 12.0. The first kappa shape index (κ1) is 12.9. The number of benzene rings is 1. The van der Waals surface area contributed by atoms with E-state index in [1.165, 1.54) is 11.8 Å². The second-order valence-electron chi connectivity index (χ2n) is 4.16. The topological polar surface area (TPSA) is 98.7 Å². The quantitative estimate of drug-likeness (QED) is 0.728. The van der Waals surface area contributed by atoms with Crippen LogP contribution in [0.15, 0.2) is 24.3 Å². The molecule has 100 valence electrons. The number of aliphatic carboxylic acids is 1. The molecule has 1 aliphatic heterocycles. The molecular formula is C12H13N3O4. The van der Waals surface area contributed by atoms with E-state index in [0.29, 0.717) is 11.4 Å². The Balaban J connectivity index is 2.23. The second-order valence-corrected chi connectivity index (χ2v) is 4.16. The molecular weight excluding hydrogens is 250 g/mol. The number of hydrogen-bond acceptors (Lipinski definition) is 3. The summed E-state index contributed by atoms with van der Waals surface area (Å²) in [5.74, 6) is -1.46. The Hall–Kier alpha value is -2.57. The molecule has 7 nitrogen and oxygen atoms in total. The summed E-state index contributed by atoms with van der Waals surface area (Å²) >= 11 is 0. The number of carboxylic acids is 1. The molecule has 1 aromatic rings.